The third-order valence-electron chi connectivity index (χ3n) is 5.55. The molecule has 0 aromatic heterocycles. The lowest BCUT2D eigenvalue weighted by Crippen LogP contribution is -2.52. The van der Waals surface area contributed by atoms with Crippen molar-refractivity contribution in [1.29, 1.82) is 0 Å². The minimum atomic E-state index is -3.76. The van der Waals surface area contributed by atoms with Gasteiger partial charge in [0.25, 0.3) is 0 Å². The zero-order valence-corrected chi connectivity index (χ0v) is 19.0. The van der Waals surface area contributed by atoms with Gasteiger partial charge in [-0.2, -0.15) is 12.7 Å². The number of carbonyl (C=O) groups is 1. The fourth-order valence-corrected chi connectivity index (χ4v) is 5.93. The first-order valence-corrected chi connectivity index (χ1v) is 11.9. The van der Waals surface area contributed by atoms with Crippen LogP contribution in [-0.2, 0) is 28.0 Å². The summed E-state index contributed by atoms with van der Waals surface area (Å²) in [6.45, 7) is 6.85. The molecule has 0 spiro atoms. The van der Waals surface area contributed by atoms with Crippen LogP contribution in [0.5, 0.6) is 0 Å². The number of para-hydroxylation sites is 1. The molecular formula is C23H29N3O4S. The van der Waals surface area contributed by atoms with Gasteiger partial charge in [-0.15, -0.1) is 0 Å². The summed E-state index contributed by atoms with van der Waals surface area (Å²) in [7, 11) is -3.76. The number of fused-ring (bicyclic) bond motifs is 1. The molecule has 0 unspecified atom stereocenters. The van der Waals surface area contributed by atoms with Gasteiger partial charge in [-0.25, -0.2) is 4.79 Å². The minimum absolute atomic E-state index is 0.263. The van der Waals surface area contributed by atoms with Crippen LogP contribution in [0.3, 0.4) is 0 Å². The zero-order valence-electron chi connectivity index (χ0n) is 18.2. The smallest absolute Gasteiger partial charge is 0.410 e. The number of amides is 1. The first-order chi connectivity index (χ1) is 14.6. The SMILES string of the molecule is CC(C)(C)OC(=O)N1CC[C@@H](N2Cc3ccccc3N(Cc3ccccc3)S2(=O)=O)C1. The largest absolute Gasteiger partial charge is 0.444 e. The van der Waals surface area contributed by atoms with Crippen LogP contribution in [0, 0.1) is 0 Å². The number of likely N-dealkylation sites (tertiary alicyclic amines) is 1. The lowest BCUT2D eigenvalue weighted by atomic mass is 10.1. The number of rotatable bonds is 3. The van der Waals surface area contributed by atoms with Gasteiger partial charge in [0.2, 0.25) is 0 Å². The second kappa shape index (κ2) is 8.16. The summed E-state index contributed by atoms with van der Waals surface area (Å²) in [5.41, 5.74) is 2.01. The molecular weight excluding hydrogens is 414 g/mol. The Morgan fingerprint density at radius 3 is 2.45 bits per heavy atom. The van der Waals surface area contributed by atoms with E-state index in [-0.39, 0.29) is 12.6 Å². The van der Waals surface area contributed by atoms with E-state index in [1.807, 2.05) is 75.4 Å². The Morgan fingerprint density at radius 1 is 1.06 bits per heavy atom. The molecule has 1 fully saturated rings. The van der Waals surface area contributed by atoms with Crippen molar-refractivity contribution in [3.63, 3.8) is 0 Å². The molecule has 2 aliphatic heterocycles. The molecule has 0 aliphatic carbocycles. The monoisotopic (exact) mass is 443 g/mol. The molecule has 2 aromatic rings. The van der Waals surface area contributed by atoms with E-state index in [1.54, 1.807) is 9.21 Å². The fourth-order valence-electron chi connectivity index (χ4n) is 4.09. The molecule has 166 valence electrons. The molecule has 8 heteroatoms. The molecule has 31 heavy (non-hydrogen) atoms. The first-order valence-electron chi connectivity index (χ1n) is 10.5. The maximum Gasteiger partial charge on any atom is 0.410 e. The maximum atomic E-state index is 13.7. The van der Waals surface area contributed by atoms with Gasteiger partial charge in [0.05, 0.1) is 12.2 Å². The summed E-state index contributed by atoms with van der Waals surface area (Å²) in [6.07, 6.45) is 0.186. The molecule has 0 radical (unpaired) electrons. The van der Waals surface area contributed by atoms with Crippen LogP contribution in [-0.4, -0.2) is 48.4 Å². The highest BCUT2D eigenvalue weighted by molar-refractivity contribution is 7.90. The Morgan fingerprint density at radius 2 is 1.74 bits per heavy atom. The summed E-state index contributed by atoms with van der Waals surface area (Å²) in [5.74, 6) is 0. The van der Waals surface area contributed by atoms with Crippen molar-refractivity contribution < 1.29 is 17.9 Å². The number of hydrogen-bond donors (Lipinski definition) is 0. The molecule has 1 atom stereocenters. The molecule has 0 bridgehead atoms. The van der Waals surface area contributed by atoms with Gasteiger partial charge in [-0.1, -0.05) is 48.5 Å². The van der Waals surface area contributed by atoms with Crippen molar-refractivity contribution in [3.05, 3.63) is 65.7 Å². The highest BCUT2D eigenvalue weighted by Gasteiger charge is 2.43. The van der Waals surface area contributed by atoms with Crippen LogP contribution in [0.4, 0.5) is 10.5 Å². The molecule has 1 saturated heterocycles. The summed E-state index contributed by atoms with van der Waals surface area (Å²) in [4.78, 5) is 14.1. The van der Waals surface area contributed by atoms with E-state index in [1.165, 1.54) is 4.31 Å². The Kier molecular flexibility index (Phi) is 5.70. The number of ether oxygens (including phenoxy) is 1. The number of benzene rings is 2. The minimum Gasteiger partial charge on any atom is -0.444 e. The highest BCUT2D eigenvalue weighted by atomic mass is 32.2. The standard InChI is InChI=1S/C23H29N3O4S/c1-23(2,3)30-22(27)24-14-13-20(17-24)25-16-19-11-7-8-12-21(19)26(31(25,28)29)15-18-9-5-4-6-10-18/h4-12,20H,13-17H2,1-3H3/t20-/m1/s1. The van der Waals surface area contributed by atoms with Crippen LogP contribution in [0.15, 0.2) is 54.6 Å². The van der Waals surface area contributed by atoms with Gasteiger partial charge in [0, 0.05) is 25.7 Å². The van der Waals surface area contributed by atoms with Crippen LogP contribution in [0.1, 0.15) is 38.3 Å². The van der Waals surface area contributed by atoms with Crippen molar-refractivity contribution >= 4 is 22.0 Å². The van der Waals surface area contributed by atoms with Gasteiger partial charge in [0.15, 0.2) is 0 Å². The lowest BCUT2D eigenvalue weighted by molar-refractivity contribution is 0.0286. The van der Waals surface area contributed by atoms with Gasteiger partial charge < -0.3 is 9.64 Å². The summed E-state index contributed by atoms with van der Waals surface area (Å²) < 4.78 is 35.9. The van der Waals surface area contributed by atoms with E-state index in [9.17, 15) is 13.2 Å². The number of nitrogens with zero attached hydrogens (tertiary/aromatic N) is 3. The molecule has 0 saturated carbocycles. The van der Waals surface area contributed by atoms with E-state index in [4.69, 9.17) is 4.74 Å². The number of anilines is 1. The van der Waals surface area contributed by atoms with E-state index in [2.05, 4.69) is 0 Å². The van der Waals surface area contributed by atoms with E-state index in [0.29, 0.717) is 31.7 Å². The second-order valence-corrected chi connectivity index (χ2v) is 10.8. The van der Waals surface area contributed by atoms with Gasteiger partial charge in [0.1, 0.15) is 5.60 Å². The predicted octanol–water partition coefficient (Wildman–Crippen LogP) is 3.76. The summed E-state index contributed by atoms with van der Waals surface area (Å²) in [5, 5.41) is 0. The number of hydrogen-bond acceptors (Lipinski definition) is 4. The van der Waals surface area contributed by atoms with E-state index < -0.39 is 21.9 Å². The van der Waals surface area contributed by atoms with E-state index >= 15 is 0 Å². The Balaban J connectivity index is 1.60. The molecule has 2 heterocycles. The average molecular weight is 444 g/mol. The van der Waals surface area contributed by atoms with Gasteiger partial charge in [-0.05, 0) is 44.4 Å². The van der Waals surface area contributed by atoms with Crippen molar-refractivity contribution in [2.75, 3.05) is 17.4 Å². The van der Waals surface area contributed by atoms with Crippen molar-refractivity contribution in [2.24, 2.45) is 0 Å². The zero-order chi connectivity index (χ0) is 22.2. The Bertz CT molecular complexity index is 1050. The number of carbonyl (C=O) groups excluding carboxylic acids is 1. The Labute approximate surface area is 184 Å². The normalized spacial score (nSPS) is 21.1. The Hall–Kier alpha value is -2.58. The molecule has 2 aliphatic rings. The van der Waals surface area contributed by atoms with Crippen LogP contribution in [0.2, 0.25) is 0 Å². The van der Waals surface area contributed by atoms with Gasteiger partial charge >= 0.3 is 16.3 Å². The van der Waals surface area contributed by atoms with Gasteiger partial charge in [-0.3, -0.25) is 4.31 Å². The quantitative estimate of drug-likeness (QED) is 0.724. The lowest BCUT2D eigenvalue weighted by Gasteiger charge is -2.40. The molecule has 4 rings (SSSR count). The average Bonchev–Trinajstić information content (AvgIpc) is 3.19. The maximum absolute atomic E-state index is 13.7. The third kappa shape index (κ3) is 4.55. The molecule has 2 aromatic carbocycles. The predicted molar refractivity (Wildman–Crippen MR) is 120 cm³/mol. The summed E-state index contributed by atoms with van der Waals surface area (Å²) >= 11 is 0. The van der Waals surface area contributed by atoms with Crippen LogP contribution in [0.25, 0.3) is 0 Å². The van der Waals surface area contributed by atoms with Crippen molar-refractivity contribution in [2.45, 2.75) is 51.9 Å². The third-order valence-corrected chi connectivity index (χ3v) is 7.46. The first kappa shape index (κ1) is 21.6. The van der Waals surface area contributed by atoms with Crippen molar-refractivity contribution in [3.8, 4) is 0 Å². The van der Waals surface area contributed by atoms with Crippen LogP contribution >= 0.6 is 0 Å². The fraction of sp³-hybridized carbons (Fsp3) is 0.435. The second-order valence-electron chi connectivity index (χ2n) is 9.04. The van der Waals surface area contributed by atoms with E-state index in [0.717, 1.165) is 11.1 Å². The molecule has 1 amide bonds. The van der Waals surface area contributed by atoms with Crippen molar-refractivity contribution in [1.82, 2.24) is 9.21 Å². The highest BCUT2D eigenvalue weighted by Crippen LogP contribution is 2.36. The molecule has 0 N–H and O–H groups in total. The molecule has 7 nitrogen and oxygen atoms in total. The topological polar surface area (TPSA) is 70.2 Å². The summed E-state index contributed by atoms with van der Waals surface area (Å²) in [6, 6.07) is 16.9. The van der Waals surface area contributed by atoms with Crippen LogP contribution < -0.4 is 4.31 Å².